The molecule has 1 heteroatoms. The Morgan fingerprint density at radius 3 is 2.41 bits per heavy atom. The van der Waals surface area contributed by atoms with Gasteiger partial charge < -0.3 is 5.11 Å². The Balaban J connectivity index is 1.52. The van der Waals surface area contributed by atoms with E-state index >= 15 is 0 Å². The van der Waals surface area contributed by atoms with Crippen molar-refractivity contribution in [1.82, 2.24) is 0 Å². The van der Waals surface area contributed by atoms with Gasteiger partial charge in [-0.25, -0.2) is 0 Å². The van der Waals surface area contributed by atoms with Crippen molar-refractivity contribution in [3.05, 3.63) is 23.8 Å². The van der Waals surface area contributed by atoms with Gasteiger partial charge in [-0.15, -0.1) is 0 Å². The monoisotopic (exact) mass is 398 g/mol. The molecule has 3 fully saturated rings. The number of aliphatic hydroxyl groups is 1. The van der Waals surface area contributed by atoms with E-state index in [1.165, 1.54) is 44.9 Å². The third-order valence-corrected chi connectivity index (χ3v) is 10.6. The first-order valence-electron chi connectivity index (χ1n) is 12.7. The average Bonchev–Trinajstić information content (AvgIpc) is 3.03. The Labute approximate surface area is 180 Å². The summed E-state index contributed by atoms with van der Waals surface area (Å²) < 4.78 is 0. The molecule has 164 valence electrons. The second-order valence-electron chi connectivity index (χ2n) is 12.2. The molecule has 0 aromatic carbocycles. The van der Waals surface area contributed by atoms with E-state index in [-0.39, 0.29) is 6.10 Å². The number of hydrogen-bond donors (Lipinski definition) is 1. The predicted molar refractivity (Wildman–Crippen MR) is 124 cm³/mol. The third-order valence-electron chi connectivity index (χ3n) is 10.6. The Morgan fingerprint density at radius 1 is 0.931 bits per heavy atom. The van der Waals surface area contributed by atoms with Crippen LogP contribution in [-0.2, 0) is 0 Å². The summed E-state index contributed by atoms with van der Waals surface area (Å²) in [6.45, 7) is 14.8. The summed E-state index contributed by atoms with van der Waals surface area (Å²) in [6, 6.07) is 0. The SMILES string of the molecule is CC(C)C(C)C=CC(C)C1CCC2C3CCC4=CC(O)CCC4(C)C3CCC12C. The maximum atomic E-state index is 10.2. The zero-order chi connectivity index (χ0) is 21.0. The van der Waals surface area contributed by atoms with Crippen molar-refractivity contribution >= 4 is 0 Å². The lowest BCUT2D eigenvalue weighted by atomic mass is 9.46. The van der Waals surface area contributed by atoms with Crippen LogP contribution in [0.15, 0.2) is 23.8 Å². The van der Waals surface area contributed by atoms with Crippen LogP contribution in [0.2, 0.25) is 0 Å². The van der Waals surface area contributed by atoms with E-state index in [1.54, 1.807) is 5.57 Å². The van der Waals surface area contributed by atoms with E-state index < -0.39 is 0 Å². The van der Waals surface area contributed by atoms with Gasteiger partial charge >= 0.3 is 0 Å². The molecule has 0 radical (unpaired) electrons. The molecule has 9 atom stereocenters. The second-order valence-corrected chi connectivity index (χ2v) is 12.2. The van der Waals surface area contributed by atoms with Gasteiger partial charge in [0.1, 0.15) is 0 Å². The minimum atomic E-state index is -0.180. The van der Waals surface area contributed by atoms with Gasteiger partial charge in [0.05, 0.1) is 6.10 Å². The summed E-state index contributed by atoms with van der Waals surface area (Å²) >= 11 is 0. The molecule has 0 saturated heterocycles. The normalized spacial score (nSPS) is 46.8. The summed E-state index contributed by atoms with van der Waals surface area (Å²) in [5.41, 5.74) is 2.52. The zero-order valence-electron chi connectivity index (χ0n) is 20.0. The Bertz CT molecular complexity index is 659. The molecule has 0 aromatic heterocycles. The number of fused-ring (bicyclic) bond motifs is 5. The van der Waals surface area contributed by atoms with Crippen LogP contribution in [0.3, 0.4) is 0 Å². The van der Waals surface area contributed by atoms with Crippen molar-refractivity contribution < 1.29 is 5.11 Å². The van der Waals surface area contributed by atoms with E-state index in [2.05, 4.69) is 59.8 Å². The van der Waals surface area contributed by atoms with Crippen LogP contribution in [0.5, 0.6) is 0 Å². The highest BCUT2D eigenvalue weighted by atomic mass is 16.3. The van der Waals surface area contributed by atoms with Gasteiger partial charge in [0, 0.05) is 0 Å². The summed E-state index contributed by atoms with van der Waals surface area (Å²) in [4.78, 5) is 0. The van der Waals surface area contributed by atoms with E-state index in [1.807, 2.05) is 0 Å². The number of aliphatic hydroxyl groups excluding tert-OH is 1. The van der Waals surface area contributed by atoms with Gasteiger partial charge in [0.25, 0.3) is 0 Å². The van der Waals surface area contributed by atoms with Crippen LogP contribution in [-0.4, -0.2) is 11.2 Å². The van der Waals surface area contributed by atoms with E-state index in [0.717, 1.165) is 36.0 Å². The highest BCUT2D eigenvalue weighted by Crippen LogP contribution is 2.67. The number of allylic oxidation sites excluding steroid dienone is 3. The quantitative estimate of drug-likeness (QED) is 0.489. The minimum Gasteiger partial charge on any atom is -0.389 e. The molecule has 4 aliphatic carbocycles. The van der Waals surface area contributed by atoms with Gasteiger partial charge in [-0.3, -0.25) is 0 Å². The molecule has 9 unspecified atom stereocenters. The lowest BCUT2D eigenvalue weighted by molar-refractivity contribution is -0.0595. The zero-order valence-corrected chi connectivity index (χ0v) is 20.0. The molecule has 3 saturated carbocycles. The van der Waals surface area contributed by atoms with Gasteiger partial charge in [0.2, 0.25) is 0 Å². The first-order valence-corrected chi connectivity index (χ1v) is 12.7. The second kappa shape index (κ2) is 7.85. The first kappa shape index (κ1) is 21.7. The topological polar surface area (TPSA) is 20.2 Å². The Morgan fingerprint density at radius 2 is 1.69 bits per heavy atom. The fourth-order valence-electron chi connectivity index (χ4n) is 8.32. The van der Waals surface area contributed by atoms with Crippen LogP contribution in [0.1, 0.15) is 92.9 Å². The molecule has 0 aromatic rings. The summed E-state index contributed by atoms with van der Waals surface area (Å²) in [7, 11) is 0. The summed E-state index contributed by atoms with van der Waals surface area (Å²) in [5.74, 6) is 5.70. The maximum Gasteiger partial charge on any atom is 0.0724 e. The molecule has 4 rings (SSSR count). The van der Waals surface area contributed by atoms with Crippen molar-refractivity contribution in [2.45, 2.75) is 99.0 Å². The van der Waals surface area contributed by atoms with Crippen molar-refractivity contribution in [2.75, 3.05) is 0 Å². The predicted octanol–water partition coefficient (Wildman–Crippen LogP) is 7.41. The third kappa shape index (κ3) is 3.58. The molecule has 0 bridgehead atoms. The smallest absolute Gasteiger partial charge is 0.0724 e. The molecule has 0 spiro atoms. The molecular formula is C28H46O. The average molecular weight is 399 g/mol. The molecular weight excluding hydrogens is 352 g/mol. The fraction of sp³-hybridized carbons (Fsp3) is 0.857. The molecule has 1 N–H and O–H groups in total. The minimum absolute atomic E-state index is 0.180. The van der Waals surface area contributed by atoms with Crippen molar-refractivity contribution in [3.8, 4) is 0 Å². The largest absolute Gasteiger partial charge is 0.389 e. The van der Waals surface area contributed by atoms with E-state index in [9.17, 15) is 5.11 Å². The standard InChI is InChI=1S/C28H46O/c1-18(2)19(3)7-8-20(4)24-11-12-25-23-10-9-21-17-22(29)13-15-27(21,5)26(23)14-16-28(24,25)6/h7-8,17-20,22-26,29H,9-16H2,1-6H3. The summed E-state index contributed by atoms with van der Waals surface area (Å²) in [6.07, 6.45) is 17.7. The van der Waals surface area contributed by atoms with Crippen molar-refractivity contribution in [2.24, 2.45) is 52.3 Å². The van der Waals surface area contributed by atoms with Crippen LogP contribution in [0, 0.1) is 52.3 Å². The lowest BCUT2D eigenvalue weighted by Crippen LogP contribution is -2.51. The maximum absolute atomic E-state index is 10.2. The van der Waals surface area contributed by atoms with Crippen LogP contribution < -0.4 is 0 Å². The molecule has 4 aliphatic rings. The molecule has 0 heterocycles. The van der Waals surface area contributed by atoms with Crippen LogP contribution in [0.4, 0.5) is 0 Å². The number of hydrogen-bond acceptors (Lipinski definition) is 1. The van der Waals surface area contributed by atoms with Crippen LogP contribution in [0.25, 0.3) is 0 Å². The first-order chi connectivity index (χ1) is 13.7. The lowest BCUT2D eigenvalue weighted by Gasteiger charge is -2.59. The van der Waals surface area contributed by atoms with Crippen LogP contribution >= 0.6 is 0 Å². The van der Waals surface area contributed by atoms with E-state index in [4.69, 9.17) is 0 Å². The van der Waals surface area contributed by atoms with E-state index in [0.29, 0.717) is 22.7 Å². The molecule has 0 amide bonds. The Hall–Kier alpha value is -0.560. The molecule has 0 aliphatic heterocycles. The Kier molecular flexibility index (Phi) is 5.86. The molecule has 29 heavy (non-hydrogen) atoms. The fourth-order valence-corrected chi connectivity index (χ4v) is 8.32. The van der Waals surface area contributed by atoms with Crippen molar-refractivity contribution in [3.63, 3.8) is 0 Å². The number of rotatable bonds is 4. The molecule has 1 nitrogen and oxygen atoms in total. The highest BCUT2D eigenvalue weighted by Gasteiger charge is 2.59. The van der Waals surface area contributed by atoms with Gasteiger partial charge in [-0.1, -0.05) is 65.3 Å². The van der Waals surface area contributed by atoms with Gasteiger partial charge in [0.15, 0.2) is 0 Å². The highest BCUT2D eigenvalue weighted by molar-refractivity contribution is 5.25. The van der Waals surface area contributed by atoms with Gasteiger partial charge in [-0.2, -0.15) is 0 Å². The van der Waals surface area contributed by atoms with Gasteiger partial charge in [-0.05, 0) is 104 Å². The summed E-state index contributed by atoms with van der Waals surface area (Å²) in [5, 5.41) is 10.2. The van der Waals surface area contributed by atoms with Crippen molar-refractivity contribution in [1.29, 1.82) is 0 Å².